The number of aromatic nitrogens is 4. The van der Waals surface area contributed by atoms with Crippen LogP contribution in [0, 0.1) is 20.8 Å². The molecule has 0 spiro atoms. The molecule has 31 heavy (non-hydrogen) atoms. The first-order chi connectivity index (χ1) is 15.0. The van der Waals surface area contributed by atoms with Crippen molar-refractivity contribution in [3.63, 3.8) is 0 Å². The Kier molecular flexibility index (Phi) is 6.13. The lowest BCUT2D eigenvalue weighted by molar-refractivity contribution is -0.113. The normalized spacial score (nSPS) is 10.8. The third-order valence-electron chi connectivity index (χ3n) is 4.90. The zero-order chi connectivity index (χ0) is 21.8. The van der Waals surface area contributed by atoms with Crippen molar-refractivity contribution in [2.75, 3.05) is 11.1 Å². The summed E-state index contributed by atoms with van der Waals surface area (Å²) in [5.74, 6) is 1.36. The van der Waals surface area contributed by atoms with E-state index in [2.05, 4.69) is 52.5 Å². The van der Waals surface area contributed by atoms with Gasteiger partial charge < -0.3 is 5.32 Å². The summed E-state index contributed by atoms with van der Waals surface area (Å²) in [5, 5.41) is 12.3. The number of hydrogen-bond acceptors (Lipinski definition) is 5. The van der Waals surface area contributed by atoms with E-state index in [1.807, 2.05) is 54.0 Å². The van der Waals surface area contributed by atoms with E-state index in [1.165, 1.54) is 22.9 Å². The molecule has 0 atom stereocenters. The maximum absolute atomic E-state index is 12.5. The van der Waals surface area contributed by atoms with Crippen LogP contribution in [0.2, 0.25) is 0 Å². The van der Waals surface area contributed by atoms with Gasteiger partial charge in [-0.05, 0) is 62.2 Å². The fraction of sp³-hybridized carbons (Fsp3) is 0.167. The summed E-state index contributed by atoms with van der Waals surface area (Å²) in [7, 11) is 0. The van der Waals surface area contributed by atoms with Crippen LogP contribution in [0.4, 0.5) is 5.82 Å². The van der Waals surface area contributed by atoms with Gasteiger partial charge >= 0.3 is 0 Å². The molecule has 6 nitrogen and oxygen atoms in total. The number of anilines is 1. The Morgan fingerprint density at radius 3 is 2.48 bits per heavy atom. The lowest BCUT2D eigenvalue weighted by Gasteiger charge is -2.11. The highest BCUT2D eigenvalue weighted by Gasteiger charge is 2.17. The van der Waals surface area contributed by atoms with Crippen LogP contribution in [-0.4, -0.2) is 31.4 Å². The Morgan fingerprint density at radius 1 is 0.935 bits per heavy atom. The molecule has 7 heteroatoms. The minimum absolute atomic E-state index is 0.140. The highest BCUT2D eigenvalue weighted by Crippen LogP contribution is 2.29. The zero-order valence-corrected chi connectivity index (χ0v) is 18.5. The predicted octanol–water partition coefficient (Wildman–Crippen LogP) is 4.99. The molecule has 0 saturated carbocycles. The summed E-state index contributed by atoms with van der Waals surface area (Å²) in [5.41, 5.74) is 5.21. The van der Waals surface area contributed by atoms with Crippen molar-refractivity contribution in [3.8, 4) is 17.1 Å². The number of carbonyl (C=O) groups excluding carboxylic acids is 1. The fourth-order valence-corrected chi connectivity index (χ4v) is 3.91. The van der Waals surface area contributed by atoms with Crippen molar-refractivity contribution >= 4 is 23.5 Å². The van der Waals surface area contributed by atoms with Gasteiger partial charge in [-0.3, -0.25) is 9.36 Å². The SMILES string of the molecule is Cc1cccc(NC(=O)CSc2nnc(-c3ccc(C)c(C)c3)n2-c2ccccc2)n1. The van der Waals surface area contributed by atoms with Gasteiger partial charge in [0.2, 0.25) is 5.91 Å². The monoisotopic (exact) mass is 429 g/mol. The lowest BCUT2D eigenvalue weighted by atomic mass is 10.1. The number of aryl methyl sites for hydroxylation is 3. The Hall–Kier alpha value is -3.45. The molecular weight excluding hydrogens is 406 g/mol. The summed E-state index contributed by atoms with van der Waals surface area (Å²) >= 11 is 1.35. The van der Waals surface area contributed by atoms with Gasteiger partial charge in [-0.15, -0.1) is 10.2 Å². The largest absolute Gasteiger partial charge is 0.310 e. The smallest absolute Gasteiger partial charge is 0.236 e. The lowest BCUT2D eigenvalue weighted by Crippen LogP contribution is -2.15. The molecular formula is C24H23N5OS. The van der Waals surface area contributed by atoms with Gasteiger partial charge in [0.1, 0.15) is 5.82 Å². The number of nitrogens with one attached hydrogen (secondary N) is 1. The molecule has 4 rings (SSSR count). The molecule has 0 aliphatic heterocycles. The van der Waals surface area contributed by atoms with E-state index in [9.17, 15) is 4.79 Å². The second-order valence-corrected chi connectivity index (χ2v) is 8.22. The Bertz CT molecular complexity index is 1220. The maximum atomic E-state index is 12.5. The van der Waals surface area contributed by atoms with Crippen LogP contribution in [0.5, 0.6) is 0 Å². The Labute approximate surface area is 185 Å². The number of benzene rings is 2. The summed E-state index contributed by atoms with van der Waals surface area (Å²) in [4.78, 5) is 16.8. The van der Waals surface area contributed by atoms with Crippen molar-refractivity contribution in [2.24, 2.45) is 0 Å². The summed E-state index contributed by atoms with van der Waals surface area (Å²) in [6.07, 6.45) is 0. The number of nitrogens with zero attached hydrogens (tertiary/aromatic N) is 4. The first-order valence-corrected chi connectivity index (χ1v) is 10.9. The molecule has 0 radical (unpaired) electrons. The number of amides is 1. The molecule has 0 fully saturated rings. The van der Waals surface area contributed by atoms with Gasteiger partial charge in [-0.2, -0.15) is 0 Å². The van der Waals surface area contributed by atoms with E-state index in [-0.39, 0.29) is 11.7 Å². The summed E-state index contributed by atoms with van der Waals surface area (Å²) in [6.45, 7) is 6.06. The van der Waals surface area contributed by atoms with Crippen molar-refractivity contribution in [1.82, 2.24) is 19.7 Å². The van der Waals surface area contributed by atoms with Crippen molar-refractivity contribution in [2.45, 2.75) is 25.9 Å². The standard InChI is InChI=1S/C24H23N5OS/c1-16-12-13-19(14-17(16)2)23-27-28-24(29(23)20-9-5-4-6-10-20)31-15-22(30)26-21-11-7-8-18(3)25-21/h4-14H,15H2,1-3H3,(H,25,26,30). The minimum atomic E-state index is -0.140. The maximum Gasteiger partial charge on any atom is 0.236 e. The highest BCUT2D eigenvalue weighted by atomic mass is 32.2. The van der Waals surface area contributed by atoms with Crippen LogP contribution in [0.15, 0.2) is 71.9 Å². The number of pyridine rings is 1. The molecule has 2 aromatic carbocycles. The Balaban J connectivity index is 1.61. The molecule has 1 N–H and O–H groups in total. The quantitative estimate of drug-likeness (QED) is 0.437. The zero-order valence-electron chi connectivity index (χ0n) is 17.7. The van der Waals surface area contributed by atoms with E-state index >= 15 is 0 Å². The van der Waals surface area contributed by atoms with Crippen molar-refractivity contribution in [1.29, 1.82) is 0 Å². The van der Waals surface area contributed by atoms with Crippen LogP contribution in [0.1, 0.15) is 16.8 Å². The summed E-state index contributed by atoms with van der Waals surface area (Å²) in [6, 6.07) is 21.7. The molecule has 4 aromatic rings. The van der Waals surface area contributed by atoms with Crippen molar-refractivity contribution < 1.29 is 4.79 Å². The summed E-state index contributed by atoms with van der Waals surface area (Å²) < 4.78 is 1.99. The van der Waals surface area contributed by atoms with E-state index < -0.39 is 0 Å². The molecule has 0 aliphatic rings. The van der Waals surface area contributed by atoms with E-state index in [0.717, 1.165) is 22.8 Å². The predicted molar refractivity (Wildman–Crippen MR) is 125 cm³/mol. The molecule has 0 unspecified atom stereocenters. The Morgan fingerprint density at radius 2 is 1.74 bits per heavy atom. The van der Waals surface area contributed by atoms with Gasteiger partial charge in [0.15, 0.2) is 11.0 Å². The van der Waals surface area contributed by atoms with E-state index in [1.54, 1.807) is 6.07 Å². The van der Waals surface area contributed by atoms with Gasteiger partial charge in [-0.25, -0.2) is 4.98 Å². The van der Waals surface area contributed by atoms with E-state index in [0.29, 0.717) is 11.0 Å². The van der Waals surface area contributed by atoms with Crippen LogP contribution >= 0.6 is 11.8 Å². The molecule has 156 valence electrons. The van der Waals surface area contributed by atoms with Crippen molar-refractivity contribution in [3.05, 3.63) is 83.6 Å². The highest BCUT2D eigenvalue weighted by molar-refractivity contribution is 7.99. The third kappa shape index (κ3) is 4.83. The van der Waals surface area contributed by atoms with Crippen LogP contribution in [-0.2, 0) is 4.79 Å². The van der Waals surface area contributed by atoms with Gasteiger partial charge in [0, 0.05) is 16.9 Å². The second kappa shape index (κ2) is 9.14. The van der Waals surface area contributed by atoms with Gasteiger partial charge in [0.05, 0.1) is 5.75 Å². The molecule has 2 aromatic heterocycles. The molecule has 0 aliphatic carbocycles. The number of thioether (sulfide) groups is 1. The first kappa shape index (κ1) is 20.8. The van der Waals surface area contributed by atoms with E-state index in [4.69, 9.17) is 0 Å². The molecule has 1 amide bonds. The average Bonchev–Trinajstić information content (AvgIpc) is 3.19. The minimum Gasteiger partial charge on any atom is -0.310 e. The topological polar surface area (TPSA) is 72.7 Å². The van der Waals surface area contributed by atoms with Crippen LogP contribution < -0.4 is 5.32 Å². The third-order valence-corrected chi connectivity index (χ3v) is 5.83. The number of para-hydroxylation sites is 1. The van der Waals surface area contributed by atoms with Gasteiger partial charge in [0.25, 0.3) is 0 Å². The molecule has 0 bridgehead atoms. The average molecular weight is 430 g/mol. The molecule has 0 saturated heterocycles. The number of hydrogen-bond donors (Lipinski definition) is 1. The van der Waals surface area contributed by atoms with Crippen LogP contribution in [0.3, 0.4) is 0 Å². The van der Waals surface area contributed by atoms with Crippen LogP contribution in [0.25, 0.3) is 17.1 Å². The number of carbonyl (C=O) groups is 1. The number of rotatable bonds is 6. The van der Waals surface area contributed by atoms with Gasteiger partial charge in [-0.1, -0.05) is 48.2 Å². The fourth-order valence-electron chi connectivity index (χ4n) is 3.16. The second-order valence-electron chi connectivity index (χ2n) is 7.28. The first-order valence-electron chi connectivity index (χ1n) is 9.96. The molecule has 2 heterocycles.